The van der Waals surface area contributed by atoms with Crippen molar-refractivity contribution in [3.63, 3.8) is 0 Å². The lowest BCUT2D eigenvalue weighted by Crippen LogP contribution is -2.24. The number of rotatable bonds is 7. The standard InChI is InChI=1S/C21H24N4O/c1-3-14-12-24-20-16(10-7-11-17(20)21(22)26)19(14)25-18(13-23-2)15-8-5-4-6-9-15/h4-12,18,23H,3,13H2,1-2H3,(H2,22,26)(H,24,25)/t18-/m1/s1. The van der Waals surface area contributed by atoms with Gasteiger partial charge in [0.1, 0.15) is 0 Å². The van der Waals surface area contributed by atoms with E-state index in [-0.39, 0.29) is 6.04 Å². The van der Waals surface area contributed by atoms with E-state index in [0.29, 0.717) is 11.1 Å². The average Bonchev–Trinajstić information content (AvgIpc) is 2.67. The summed E-state index contributed by atoms with van der Waals surface area (Å²) in [6, 6.07) is 16.0. The van der Waals surface area contributed by atoms with E-state index in [0.717, 1.165) is 29.6 Å². The molecular weight excluding hydrogens is 324 g/mol. The van der Waals surface area contributed by atoms with E-state index in [1.165, 1.54) is 5.56 Å². The van der Waals surface area contributed by atoms with Crippen LogP contribution in [-0.2, 0) is 6.42 Å². The minimum absolute atomic E-state index is 0.0920. The lowest BCUT2D eigenvalue weighted by Gasteiger charge is -2.23. The number of hydrogen-bond acceptors (Lipinski definition) is 4. The molecule has 3 aromatic rings. The van der Waals surface area contributed by atoms with E-state index < -0.39 is 5.91 Å². The van der Waals surface area contributed by atoms with Gasteiger partial charge < -0.3 is 16.4 Å². The second-order valence-electron chi connectivity index (χ2n) is 6.24. The molecule has 2 aromatic carbocycles. The molecule has 1 amide bonds. The van der Waals surface area contributed by atoms with Gasteiger partial charge in [-0.2, -0.15) is 0 Å². The number of pyridine rings is 1. The molecule has 0 spiro atoms. The van der Waals surface area contributed by atoms with Crippen LogP contribution in [0.4, 0.5) is 5.69 Å². The summed E-state index contributed by atoms with van der Waals surface area (Å²) < 4.78 is 0. The first-order valence-electron chi connectivity index (χ1n) is 8.82. The number of benzene rings is 2. The number of aryl methyl sites for hydroxylation is 1. The van der Waals surface area contributed by atoms with Crippen molar-refractivity contribution < 1.29 is 4.79 Å². The summed E-state index contributed by atoms with van der Waals surface area (Å²) in [6.07, 6.45) is 2.67. The zero-order valence-electron chi connectivity index (χ0n) is 15.1. The summed E-state index contributed by atoms with van der Waals surface area (Å²) in [7, 11) is 1.94. The fraction of sp³-hybridized carbons (Fsp3) is 0.238. The third kappa shape index (κ3) is 3.53. The smallest absolute Gasteiger partial charge is 0.250 e. The van der Waals surface area contributed by atoms with Gasteiger partial charge in [-0.15, -0.1) is 0 Å². The summed E-state index contributed by atoms with van der Waals surface area (Å²) in [5.74, 6) is -0.465. The molecule has 0 unspecified atom stereocenters. The normalized spacial score (nSPS) is 12.1. The maximum atomic E-state index is 11.8. The van der Waals surface area contributed by atoms with Gasteiger partial charge in [-0.1, -0.05) is 49.4 Å². The van der Waals surface area contributed by atoms with Gasteiger partial charge in [0, 0.05) is 23.8 Å². The van der Waals surface area contributed by atoms with Crippen LogP contribution in [0.15, 0.2) is 54.7 Å². The molecule has 0 saturated carbocycles. The number of hydrogen-bond donors (Lipinski definition) is 3. The maximum absolute atomic E-state index is 11.8. The molecule has 1 atom stereocenters. The van der Waals surface area contributed by atoms with Crippen molar-refractivity contribution in [1.82, 2.24) is 10.3 Å². The van der Waals surface area contributed by atoms with Crippen LogP contribution < -0.4 is 16.4 Å². The Morgan fingerprint density at radius 1 is 1.15 bits per heavy atom. The van der Waals surface area contributed by atoms with Crippen LogP contribution >= 0.6 is 0 Å². The van der Waals surface area contributed by atoms with Crippen LogP contribution in [0, 0.1) is 0 Å². The van der Waals surface area contributed by atoms with Crippen molar-refractivity contribution in [3.05, 3.63) is 71.4 Å². The minimum Gasteiger partial charge on any atom is -0.376 e. The molecule has 0 aliphatic rings. The summed E-state index contributed by atoms with van der Waals surface area (Å²) in [6.45, 7) is 2.87. The van der Waals surface area contributed by atoms with Crippen LogP contribution in [-0.4, -0.2) is 24.5 Å². The Morgan fingerprint density at radius 2 is 1.92 bits per heavy atom. The van der Waals surface area contributed by atoms with E-state index in [1.807, 2.05) is 43.6 Å². The number of aromatic nitrogens is 1. The molecule has 134 valence electrons. The van der Waals surface area contributed by atoms with Crippen LogP contribution in [0.2, 0.25) is 0 Å². The SMILES string of the molecule is CCc1cnc2c(C(N)=O)cccc2c1N[C@H](CNC)c1ccccc1. The Morgan fingerprint density at radius 3 is 2.58 bits per heavy atom. The van der Waals surface area contributed by atoms with Crippen molar-refractivity contribution in [2.75, 3.05) is 18.9 Å². The fourth-order valence-electron chi connectivity index (χ4n) is 3.22. The monoisotopic (exact) mass is 348 g/mol. The number of nitrogens with zero attached hydrogens (tertiary/aromatic N) is 1. The van der Waals surface area contributed by atoms with Crippen LogP contribution in [0.5, 0.6) is 0 Å². The Bertz CT molecular complexity index is 909. The van der Waals surface area contributed by atoms with Crippen LogP contribution in [0.1, 0.15) is 34.5 Å². The number of nitrogens with two attached hydrogens (primary N) is 1. The molecule has 0 bridgehead atoms. The molecule has 3 rings (SSSR count). The van der Waals surface area contributed by atoms with Gasteiger partial charge in [0.25, 0.3) is 5.91 Å². The van der Waals surface area contributed by atoms with Gasteiger partial charge in [-0.25, -0.2) is 0 Å². The van der Waals surface area contributed by atoms with E-state index in [4.69, 9.17) is 5.73 Å². The third-order valence-electron chi connectivity index (χ3n) is 4.55. The number of carbonyl (C=O) groups is 1. The summed E-state index contributed by atoms with van der Waals surface area (Å²) in [5, 5.41) is 7.83. The first-order chi connectivity index (χ1) is 12.7. The highest BCUT2D eigenvalue weighted by Gasteiger charge is 2.17. The number of para-hydroxylation sites is 1. The second kappa shape index (κ2) is 7.97. The Kier molecular flexibility index (Phi) is 5.49. The molecule has 0 aliphatic carbocycles. The summed E-state index contributed by atoms with van der Waals surface area (Å²) >= 11 is 0. The maximum Gasteiger partial charge on any atom is 0.250 e. The van der Waals surface area contributed by atoms with Crippen molar-refractivity contribution in [2.24, 2.45) is 5.73 Å². The molecule has 0 fully saturated rings. The molecule has 1 heterocycles. The quantitative estimate of drug-likeness (QED) is 0.612. The first-order valence-corrected chi connectivity index (χ1v) is 8.82. The third-order valence-corrected chi connectivity index (χ3v) is 4.55. The Hall–Kier alpha value is -2.92. The molecule has 1 aromatic heterocycles. The zero-order chi connectivity index (χ0) is 18.5. The lowest BCUT2D eigenvalue weighted by atomic mass is 10.0. The van der Waals surface area contributed by atoms with E-state index in [9.17, 15) is 4.79 Å². The largest absolute Gasteiger partial charge is 0.376 e. The van der Waals surface area contributed by atoms with Gasteiger partial charge in [-0.3, -0.25) is 9.78 Å². The summed E-state index contributed by atoms with van der Waals surface area (Å²) in [4.78, 5) is 16.3. The highest BCUT2D eigenvalue weighted by atomic mass is 16.1. The zero-order valence-corrected chi connectivity index (χ0v) is 15.1. The van der Waals surface area contributed by atoms with Gasteiger partial charge in [0.2, 0.25) is 0 Å². The Labute approximate surface area is 153 Å². The number of carbonyl (C=O) groups excluding carboxylic acids is 1. The van der Waals surface area contributed by atoms with Crippen molar-refractivity contribution in [2.45, 2.75) is 19.4 Å². The lowest BCUT2D eigenvalue weighted by molar-refractivity contribution is 0.100. The van der Waals surface area contributed by atoms with Crippen LogP contribution in [0.25, 0.3) is 10.9 Å². The van der Waals surface area contributed by atoms with Gasteiger partial charge in [0.15, 0.2) is 0 Å². The first kappa shape index (κ1) is 17.9. The molecular formula is C21H24N4O. The number of likely N-dealkylation sites (N-methyl/N-ethyl adjacent to an activating group) is 1. The topological polar surface area (TPSA) is 80.0 Å². The highest BCUT2D eigenvalue weighted by molar-refractivity contribution is 6.08. The Balaban J connectivity index is 2.13. The number of nitrogens with one attached hydrogen (secondary N) is 2. The van der Waals surface area contributed by atoms with Crippen LogP contribution in [0.3, 0.4) is 0 Å². The average molecular weight is 348 g/mol. The molecule has 26 heavy (non-hydrogen) atoms. The summed E-state index contributed by atoms with van der Waals surface area (Å²) in [5.41, 5.74) is 9.92. The predicted molar refractivity (Wildman–Crippen MR) is 106 cm³/mol. The van der Waals surface area contributed by atoms with Gasteiger partial charge in [-0.05, 0) is 30.7 Å². The van der Waals surface area contributed by atoms with Gasteiger partial charge >= 0.3 is 0 Å². The molecule has 5 nitrogen and oxygen atoms in total. The second-order valence-corrected chi connectivity index (χ2v) is 6.24. The molecule has 0 saturated heterocycles. The fourth-order valence-corrected chi connectivity index (χ4v) is 3.22. The van der Waals surface area contributed by atoms with Crippen molar-refractivity contribution in [3.8, 4) is 0 Å². The number of primary amides is 1. The van der Waals surface area contributed by atoms with Crippen molar-refractivity contribution in [1.29, 1.82) is 0 Å². The van der Waals surface area contributed by atoms with Crippen molar-refractivity contribution >= 4 is 22.5 Å². The number of amides is 1. The van der Waals surface area contributed by atoms with E-state index in [1.54, 1.807) is 6.07 Å². The predicted octanol–water partition coefficient (Wildman–Crippen LogP) is 3.27. The molecule has 0 radical (unpaired) electrons. The highest BCUT2D eigenvalue weighted by Crippen LogP contribution is 2.31. The van der Waals surface area contributed by atoms with E-state index in [2.05, 4.69) is 34.7 Å². The number of fused-ring (bicyclic) bond motifs is 1. The van der Waals surface area contributed by atoms with E-state index >= 15 is 0 Å². The molecule has 5 heteroatoms. The number of anilines is 1. The minimum atomic E-state index is -0.465. The molecule has 4 N–H and O–H groups in total. The molecule has 0 aliphatic heterocycles. The van der Waals surface area contributed by atoms with Gasteiger partial charge in [0.05, 0.1) is 17.1 Å².